The normalized spacial score (nSPS) is 16.2. The number of rotatable bonds is 7. The van der Waals surface area contributed by atoms with Gasteiger partial charge in [-0.1, -0.05) is 42.7 Å². The van der Waals surface area contributed by atoms with Crippen LogP contribution in [0, 0.1) is 12.7 Å². The second kappa shape index (κ2) is 11.8. The Bertz CT molecular complexity index is 600. The van der Waals surface area contributed by atoms with Crippen molar-refractivity contribution in [3.8, 4) is 0 Å². The summed E-state index contributed by atoms with van der Waals surface area (Å²) in [4.78, 5) is 2.19. The molecule has 1 aromatic heterocycles. The number of nitrogens with two attached hydrogens (primary N) is 1. The topological polar surface area (TPSA) is 68.3 Å². The van der Waals surface area contributed by atoms with E-state index >= 15 is 0 Å². The summed E-state index contributed by atoms with van der Waals surface area (Å²) in [7, 11) is 0. The molecule has 0 atom stereocenters. The van der Waals surface area contributed by atoms with Gasteiger partial charge in [-0.05, 0) is 18.4 Å². The van der Waals surface area contributed by atoms with Gasteiger partial charge in [-0.2, -0.15) is 12.6 Å². The third-order valence-electron chi connectivity index (χ3n) is 3.35. The SMILES string of the molecule is C=C/C=C(\C=C/C)c1c[c-]n(/C(=C\[CH-]NN)N2CCOCC2)n1.[K+]. The molecule has 0 aliphatic carbocycles. The zero-order valence-electron chi connectivity index (χ0n) is 14.4. The maximum Gasteiger partial charge on any atom is 1.00 e. The van der Waals surface area contributed by atoms with E-state index in [9.17, 15) is 0 Å². The number of hydrogen-bond acceptors (Lipinski definition) is 5. The molecular weight excluding hydrogens is 329 g/mol. The molecular formula is C17H23KN5O-. The molecule has 0 bridgehead atoms. The molecule has 1 aromatic rings. The minimum Gasteiger partial charge on any atom is -0.430 e. The van der Waals surface area contributed by atoms with Gasteiger partial charge in [0.15, 0.2) is 0 Å². The van der Waals surface area contributed by atoms with Crippen molar-refractivity contribution in [2.45, 2.75) is 6.92 Å². The van der Waals surface area contributed by atoms with Crippen LogP contribution in [-0.4, -0.2) is 41.0 Å². The van der Waals surface area contributed by atoms with Gasteiger partial charge in [-0.15, -0.1) is 6.07 Å². The molecule has 1 saturated heterocycles. The van der Waals surface area contributed by atoms with Gasteiger partial charge in [-0.3, -0.25) is 10.9 Å². The minimum absolute atomic E-state index is 0. The third kappa shape index (κ3) is 6.02. The van der Waals surface area contributed by atoms with E-state index in [1.165, 1.54) is 0 Å². The van der Waals surface area contributed by atoms with Gasteiger partial charge in [0.05, 0.1) is 13.2 Å². The summed E-state index contributed by atoms with van der Waals surface area (Å²) in [5.41, 5.74) is 4.35. The van der Waals surface area contributed by atoms with Crippen LogP contribution in [0.2, 0.25) is 0 Å². The van der Waals surface area contributed by atoms with Gasteiger partial charge < -0.3 is 19.7 Å². The van der Waals surface area contributed by atoms with Crippen molar-refractivity contribution in [3.63, 3.8) is 0 Å². The molecule has 124 valence electrons. The summed E-state index contributed by atoms with van der Waals surface area (Å²) in [5.74, 6) is 6.25. The molecule has 2 rings (SSSR count). The van der Waals surface area contributed by atoms with Crippen molar-refractivity contribution >= 4 is 11.4 Å². The van der Waals surface area contributed by atoms with Gasteiger partial charge >= 0.3 is 51.4 Å². The number of nitrogens with zero attached hydrogens (tertiary/aromatic N) is 3. The number of allylic oxidation sites excluding steroid dienone is 5. The van der Waals surface area contributed by atoms with Gasteiger partial charge in [-0.25, -0.2) is 0 Å². The molecule has 0 unspecified atom stereocenters. The predicted molar refractivity (Wildman–Crippen MR) is 92.3 cm³/mol. The molecule has 0 aromatic carbocycles. The second-order valence-electron chi connectivity index (χ2n) is 4.89. The number of aromatic nitrogens is 2. The minimum atomic E-state index is 0. The molecule has 3 N–H and O–H groups in total. The van der Waals surface area contributed by atoms with Crippen LogP contribution in [0.25, 0.3) is 11.4 Å². The summed E-state index contributed by atoms with van der Waals surface area (Å²) < 4.78 is 7.14. The summed E-state index contributed by atoms with van der Waals surface area (Å²) in [5, 5.41) is 4.63. The average Bonchev–Trinajstić information content (AvgIpc) is 3.06. The number of nitrogens with one attached hydrogen (secondary N) is 1. The Hall–Kier alpha value is -0.644. The van der Waals surface area contributed by atoms with Crippen molar-refractivity contribution in [2.24, 2.45) is 5.84 Å². The van der Waals surface area contributed by atoms with Crippen LogP contribution >= 0.6 is 0 Å². The Morgan fingerprint density at radius 2 is 2.25 bits per heavy atom. The summed E-state index contributed by atoms with van der Waals surface area (Å²) in [6.45, 7) is 10.4. The Morgan fingerprint density at radius 3 is 2.88 bits per heavy atom. The largest absolute Gasteiger partial charge is 1.00 e. The van der Waals surface area contributed by atoms with E-state index in [0.717, 1.165) is 30.2 Å². The van der Waals surface area contributed by atoms with E-state index in [2.05, 4.69) is 28.2 Å². The Morgan fingerprint density at radius 1 is 1.50 bits per heavy atom. The third-order valence-corrected chi connectivity index (χ3v) is 3.35. The number of hydrogen-bond donors (Lipinski definition) is 2. The Labute approximate surface area is 186 Å². The first-order valence-electron chi connectivity index (χ1n) is 7.56. The van der Waals surface area contributed by atoms with Crippen LogP contribution in [0.1, 0.15) is 12.6 Å². The van der Waals surface area contributed by atoms with Crippen LogP contribution in [0.15, 0.2) is 43.0 Å². The first-order chi connectivity index (χ1) is 11.3. The molecule has 2 heterocycles. The zero-order chi connectivity index (χ0) is 16.5. The fraction of sp³-hybridized carbons (Fsp3) is 0.294. The van der Waals surface area contributed by atoms with Crippen molar-refractivity contribution in [3.05, 3.63) is 61.5 Å². The molecule has 0 saturated carbocycles. The second-order valence-corrected chi connectivity index (χ2v) is 4.89. The van der Waals surface area contributed by atoms with Crippen LogP contribution in [0.3, 0.4) is 0 Å². The average molecular weight is 353 g/mol. The van der Waals surface area contributed by atoms with E-state index in [-0.39, 0.29) is 51.4 Å². The van der Waals surface area contributed by atoms with Crippen molar-refractivity contribution < 1.29 is 56.1 Å². The molecule has 7 heteroatoms. The van der Waals surface area contributed by atoms with Gasteiger partial charge in [0.2, 0.25) is 0 Å². The molecule has 0 spiro atoms. The molecule has 24 heavy (non-hydrogen) atoms. The van der Waals surface area contributed by atoms with E-state index in [1.54, 1.807) is 17.3 Å². The fourth-order valence-electron chi connectivity index (χ4n) is 2.30. The quantitative estimate of drug-likeness (QED) is 0.207. The van der Waals surface area contributed by atoms with E-state index in [4.69, 9.17) is 10.6 Å². The summed E-state index contributed by atoms with van der Waals surface area (Å²) in [6, 6.07) is 1.86. The van der Waals surface area contributed by atoms with Crippen LogP contribution in [-0.2, 0) is 4.74 Å². The maximum absolute atomic E-state index is 5.41. The summed E-state index contributed by atoms with van der Waals surface area (Å²) >= 11 is 0. The van der Waals surface area contributed by atoms with E-state index in [1.807, 2.05) is 37.3 Å². The first-order valence-corrected chi connectivity index (χ1v) is 7.56. The summed E-state index contributed by atoms with van der Waals surface area (Å²) in [6.07, 6.45) is 12.7. The standard InChI is InChI=1S/C17H23N5O.K/c1-3-5-15(6-4-2)16-8-10-22(20-16)17(7-9-19-18)21-11-13-23-14-12-21;/h3-9,19H,1,11-14,18H2,2H3;/q-2;+1/b6-4-,15-5+,17-7-;. The Balaban J connectivity index is 0.00000288. The number of morpholine rings is 1. The smallest absolute Gasteiger partial charge is 0.430 e. The van der Waals surface area contributed by atoms with Gasteiger partial charge in [0, 0.05) is 13.1 Å². The van der Waals surface area contributed by atoms with Crippen LogP contribution in [0.5, 0.6) is 0 Å². The van der Waals surface area contributed by atoms with Crippen molar-refractivity contribution in [1.82, 2.24) is 20.1 Å². The van der Waals surface area contributed by atoms with Gasteiger partial charge in [0.25, 0.3) is 0 Å². The van der Waals surface area contributed by atoms with Crippen LogP contribution < -0.4 is 62.7 Å². The zero-order valence-corrected chi connectivity index (χ0v) is 17.5. The Kier molecular flexibility index (Phi) is 10.5. The van der Waals surface area contributed by atoms with E-state index < -0.39 is 0 Å². The predicted octanol–water partition coefficient (Wildman–Crippen LogP) is -1.41. The van der Waals surface area contributed by atoms with Crippen LogP contribution in [0.4, 0.5) is 0 Å². The van der Waals surface area contributed by atoms with Crippen molar-refractivity contribution in [1.29, 1.82) is 0 Å². The number of hydrazine groups is 1. The maximum atomic E-state index is 5.41. The molecule has 0 radical (unpaired) electrons. The van der Waals surface area contributed by atoms with Crippen molar-refractivity contribution in [2.75, 3.05) is 26.3 Å². The first kappa shape index (κ1) is 21.4. The monoisotopic (exact) mass is 352 g/mol. The molecule has 6 nitrogen and oxygen atoms in total. The molecule has 1 aliphatic rings. The van der Waals surface area contributed by atoms with Gasteiger partial charge in [0.1, 0.15) is 0 Å². The number of ether oxygens (including phenoxy) is 1. The molecule has 1 aliphatic heterocycles. The fourth-order valence-corrected chi connectivity index (χ4v) is 2.30. The molecule has 0 amide bonds. The van der Waals surface area contributed by atoms with E-state index in [0.29, 0.717) is 13.2 Å². The molecule has 1 fully saturated rings.